The molecule has 2 unspecified atom stereocenters. The summed E-state index contributed by atoms with van der Waals surface area (Å²) >= 11 is 1.93. The Bertz CT molecular complexity index is 315. The molecule has 4 nitrogen and oxygen atoms in total. The summed E-state index contributed by atoms with van der Waals surface area (Å²) in [5, 5.41) is 9.02. The molecule has 2 aliphatic rings. The molecule has 0 bridgehead atoms. The van der Waals surface area contributed by atoms with Crippen LogP contribution in [-0.4, -0.2) is 46.5 Å². The van der Waals surface area contributed by atoms with Gasteiger partial charge in [-0.2, -0.15) is 11.8 Å². The number of rotatable bonds is 3. The van der Waals surface area contributed by atoms with Crippen LogP contribution in [0, 0.1) is 11.8 Å². The van der Waals surface area contributed by atoms with Crippen LogP contribution >= 0.6 is 11.8 Å². The molecule has 2 aliphatic heterocycles. The van der Waals surface area contributed by atoms with Crippen molar-refractivity contribution in [2.45, 2.75) is 32.1 Å². The third kappa shape index (κ3) is 3.64. The van der Waals surface area contributed by atoms with Crippen LogP contribution in [0.5, 0.6) is 0 Å². The van der Waals surface area contributed by atoms with Crippen LogP contribution in [-0.2, 0) is 9.59 Å². The zero-order chi connectivity index (χ0) is 13.0. The van der Waals surface area contributed by atoms with E-state index < -0.39 is 5.97 Å². The first-order valence-corrected chi connectivity index (χ1v) is 7.90. The van der Waals surface area contributed by atoms with E-state index in [0.717, 1.165) is 25.1 Å². The van der Waals surface area contributed by atoms with Crippen molar-refractivity contribution in [3.8, 4) is 0 Å². The fourth-order valence-electron chi connectivity index (χ4n) is 2.75. The molecule has 0 saturated carbocycles. The summed E-state index contributed by atoms with van der Waals surface area (Å²) < 4.78 is 0. The number of nitrogens with zero attached hydrogens (tertiary/aromatic N) is 1. The third-order valence-corrected chi connectivity index (χ3v) is 5.13. The predicted molar refractivity (Wildman–Crippen MR) is 71.6 cm³/mol. The van der Waals surface area contributed by atoms with Crippen LogP contribution in [0.1, 0.15) is 32.1 Å². The first-order chi connectivity index (χ1) is 8.66. The van der Waals surface area contributed by atoms with E-state index in [-0.39, 0.29) is 11.8 Å². The highest BCUT2D eigenvalue weighted by Gasteiger charge is 2.29. The van der Waals surface area contributed by atoms with Crippen molar-refractivity contribution in [3.05, 3.63) is 0 Å². The van der Waals surface area contributed by atoms with Gasteiger partial charge in [-0.3, -0.25) is 9.59 Å². The average Bonchev–Trinajstić information content (AvgIpc) is 2.40. The predicted octanol–water partition coefficient (Wildman–Crippen LogP) is 1.84. The first-order valence-electron chi connectivity index (χ1n) is 6.75. The minimum Gasteiger partial charge on any atom is -0.481 e. The number of piperidine rings is 1. The molecule has 18 heavy (non-hydrogen) atoms. The highest BCUT2D eigenvalue weighted by atomic mass is 32.2. The van der Waals surface area contributed by atoms with Gasteiger partial charge in [0.25, 0.3) is 0 Å². The number of likely N-dealkylation sites (tertiary alicyclic amines) is 1. The number of carbonyl (C=O) groups excluding carboxylic acids is 1. The molecular formula is C13H21NO3S. The Labute approximate surface area is 112 Å². The number of amides is 1. The Morgan fingerprint density at radius 1 is 1.28 bits per heavy atom. The van der Waals surface area contributed by atoms with Gasteiger partial charge in [0.1, 0.15) is 0 Å². The summed E-state index contributed by atoms with van der Waals surface area (Å²) in [4.78, 5) is 24.9. The molecule has 1 N–H and O–H groups in total. The molecule has 0 radical (unpaired) electrons. The zero-order valence-corrected chi connectivity index (χ0v) is 11.5. The lowest BCUT2D eigenvalue weighted by Crippen LogP contribution is -2.43. The highest BCUT2D eigenvalue weighted by Crippen LogP contribution is 2.26. The van der Waals surface area contributed by atoms with E-state index in [2.05, 4.69) is 0 Å². The molecular weight excluding hydrogens is 250 g/mol. The second-order valence-electron chi connectivity index (χ2n) is 5.30. The molecule has 2 saturated heterocycles. The maximum absolute atomic E-state index is 12.2. The van der Waals surface area contributed by atoms with E-state index in [1.54, 1.807) is 4.90 Å². The monoisotopic (exact) mass is 271 g/mol. The molecule has 102 valence electrons. The summed E-state index contributed by atoms with van der Waals surface area (Å²) in [6, 6.07) is 0. The summed E-state index contributed by atoms with van der Waals surface area (Å²) in [6.07, 6.45) is 4.50. The third-order valence-electron chi connectivity index (χ3n) is 3.84. The van der Waals surface area contributed by atoms with Crippen molar-refractivity contribution < 1.29 is 14.7 Å². The largest absolute Gasteiger partial charge is 0.481 e. The van der Waals surface area contributed by atoms with Crippen LogP contribution in [0.2, 0.25) is 0 Å². The first kappa shape index (κ1) is 13.7. The van der Waals surface area contributed by atoms with E-state index >= 15 is 0 Å². The number of carboxylic acids is 1. The molecule has 1 amide bonds. The molecule has 0 aromatic heterocycles. The number of aliphatic carboxylic acids is 1. The number of carbonyl (C=O) groups is 2. The molecule has 0 spiro atoms. The smallest absolute Gasteiger partial charge is 0.308 e. The lowest BCUT2D eigenvalue weighted by Gasteiger charge is -2.32. The Balaban J connectivity index is 1.82. The molecule has 2 rings (SSSR count). The summed E-state index contributed by atoms with van der Waals surface area (Å²) in [5.41, 5.74) is 0. The Kier molecular flexibility index (Phi) is 4.92. The SMILES string of the molecule is O=C(O)C1CCCN(C(=O)CC2CCCSC2)C1. The summed E-state index contributed by atoms with van der Waals surface area (Å²) in [5.74, 6) is 1.84. The maximum atomic E-state index is 12.2. The van der Waals surface area contributed by atoms with E-state index in [9.17, 15) is 9.59 Å². The van der Waals surface area contributed by atoms with Crippen molar-refractivity contribution >= 4 is 23.6 Å². The minimum absolute atomic E-state index is 0.161. The molecule has 2 heterocycles. The quantitative estimate of drug-likeness (QED) is 0.851. The van der Waals surface area contributed by atoms with Crippen LogP contribution in [0.4, 0.5) is 0 Å². The lowest BCUT2D eigenvalue weighted by molar-refractivity contribution is -0.145. The molecule has 0 aliphatic carbocycles. The van der Waals surface area contributed by atoms with E-state index in [1.807, 2.05) is 11.8 Å². The van der Waals surface area contributed by atoms with Gasteiger partial charge < -0.3 is 10.0 Å². The second kappa shape index (κ2) is 6.45. The minimum atomic E-state index is -0.763. The van der Waals surface area contributed by atoms with Gasteiger partial charge in [0.15, 0.2) is 0 Å². The summed E-state index contributed by atoms with van der Waals surface area (Å²) in [7, 11) is 0. The van der Waals surface area contributed by atoms with Crippen molar-refractivity contribution in [3.63, 3.8) is 0 Å². The fourth-order valence-corrected chi connectivity index (χ4v) is 3.90. The van der Waals surface area contributed by atoms with Crippen molar-refractivity contribution in [2.75, 3.05) is 24.6 Å². The Morgan fingerprint density at radius 2 is 2.11 bits per heavy atom. The number of hydrogen-bond donors (Lipinski definition) is 1. The van der Waals surface area contributed by atoms with Gasteiger partial charge in [0.2, 0.25) is 5.91 Å². The van der Waals surface area contributed by atoms with Crippen LogP contribution < -0.4 is 0 Å². The van der Waals surface area contributed by atoms with Crippen LogP contribution in [0.25, 0.3) is 0 Å². The number of carboxylic acid groups (broad SMARTS) is 1. The zero-order valence-electron chi connectivity index (χ0n) is 10.6. The van der Waals surface area contributed by atoms with E-state index in [0.29, 0.717) is 25.3 Å². The number of hydrogen-bond acceptors (Lipinski definition) is 3. The van der Waals surface area contributed by atoms with Crippen LogP contribution in [0.15, 0.2) is 0 Å². The van der Waals surface area contributed by atoms with Gasteiger partial charge in [0, 0.05) is 19.5 Å². The van der Waals surface area contributed by atoms with Crippen molar-refractivity contribution in [1.29, 1.82) is 0 Å². The van der Waals surface area contributed by atoms with Gasteiger partial charge >= 0.3 is 5.97 Å². The van der Waals surface area contributed by atoms with Gasteiger partial charge in [-0.25, -0.2) is 0 Å². The Hall–Kier alpha value is -0.710. The van der Waals surface area contributed by atoms with E-state index in [1.165, 1.54) is 12.2 Å². The number of thioether (sulfide) groups is 1. The average molecular weight is 271 g/mol. The van der Waals surface area contributed by atoms with Gasteiger partial charge in [0.05, 0.1) is 5.92 Å². The van der Waals surface area contributed by atoms with Crippen molar-refractivity contribution in [2.24, 2.45) is 11.8 Å². The molecule has 2 atom stereocenters. The normalized spacial score (nSPS) is 29.0. The highest BCUT2D eigenvalue weighted by molar-refractivity contribution is 7.99. The Morgan fingerprint density at radius 3 is 2.78 bits per heavy atom. The van der Waals surface area contributed by atoms with Gasteiger partial charge in [-0.05, 0) is 43.1 Å². The standard InChI is InChI=1S/C13H21NO3S/c15-12(7-10-3-2-6-18-9-10)14-5-1-4-11(8-14)13(16)17/h10-11H,1-9H2,(H,16,17). The second-order valence-corrected chi connectivity index (χ2v) is 6.45. The van der Waals surface area contributed by atoms with E-state index in [4.69, 9.17) is 5.11 Å². The maximum Gasteiger partial charge on any atom is 0.308 e. The lowest BCUT2D eigenvalue weighted by atomic mass is 9.96. The van der Waals surface area contributed by atoms with Gasteiger partial charge in [-0.1, -0.05) is 0 Å². The molecule has 5 heteroatoms. The fraction of sp³-hybridized carbons (Fsp3) is 0.846. The van der Waals surface area contributed by atoms with Crippen molar-refractivity contribution in [1.82, 2.24) is 4.90 Å². The molecule has 0 aromatic rings. The summed E-state index contributed by atoms with van der Waals surface area (Å²) in [6.45, 7) is 1.15. The molecule has 0 aromatic carbocycles. The van der Waals surface area contributed by atoms with Crippen LogP contribution in [0.3, 0.4) is 0 Å². The van der Waals surface area contributed by atoms with Gasteiger partial charge in [-0.15, -0.1) is 0 Å². The molecule has 2 fully saturated rings. The topological polar surface area (TPSA) is 57.6 Å².